The van der Waals surface area contributed by atoms with Gasteiger partial charge in [-0.15, -0.1) is 0 Å². The number of carbonyl (C=O) groups is 3. The van der Waals surface area contributed by atoms with Gasteiger partial charge >= 0.3 is 18.2 Å². The van der Waals surface area contributed by atoms with Crippen LogP contribution in [0.3, 0.4) is 0 Å². The third kappa shape index (κ3) is 5.90. The van der Waals surface area contributed by atoms with Crippen LogP contribution in [-0.4, -0.2) is 58.9 Å². The molecule has 1 heterocycles. The fraction of sp³-hybridized carbons (Fsp3) is 0.429. The lowest BCUT2D eigenvalue weighted by Crippen LogP contribution is -2.60. The lowest BCUT2D eigenvalue weighted by molar-refractivity contribution is -0.163. The maximum atomic E-state index is 13.9. The highest BCUT2D eigenvalue weighted by Crippen LogP contribution is 2.41. The summed E-state index contributed by atoms with van der Waals surface area (Å²) in [5, 5.41) is 1.81. The molecule has 0 aromatic heterocycles. The number of rotatable bonds is 5. The van der Waals surface area contributed by atoms with Gasteiger partial charge in [-0.2, -0.15) is 10.0 Å². The Balaban J connectivity index is 2.37. The summed E-state index contributed by atoms with van der Waals surface area (Å²) in [5.74, 6) is -0.307. The molecule has 2 aromatic carbocycles. The molecule has 0 saturated heterocycles. The van der Waals surface area contributed by atoms with Crippen LogP contribution in [0.15, 0.2) is 59.6 Å². The Hall–Kier alpha value is -4.08. The van der Waals surface area contributed by atoms with Gasteiger partial charge in [0, 0.05) is 11.1 Å². The zero-order valence-corrected chi connectivity index (χ0v) is 23.1. The van der Waals surface area contributed by atoms with E-state index in [9.17, 15) is 14.4 Å². The van der Waals surface area contributed by atoms with Crippen LogP contribution in [0.1, 0.15) is 59.6 Å². The number of esters is 1. The second-order valence-electron chi connectivity index (χ2n) is 10.5. The molecule has 10 nitrogen and oxygen atoms in total. The van der Waals surface area contributed by atoms with Crippen molar-refractivity contribution in [1.82, 2.24) is 10.0 Å². The maximum Gasteiger partial charge on any atom is 0.435 e. The molecule has 2 amide bonds. The third-order valence-corrected chi connectivity index (χ3v) is 5.19. The van der Waals surface area contributed by atoms with Crippen molar-refractivity contribution in [2.24, 2.45) is 4.99 Å². The Morgan fingerprint density at radius 1 is 0.842 bits per heavy atom. The molecular weight excluding hydrogens is 490 g/mol. The van der Waals surface area contributed by atoms with Crippen LogP contribution in [-0.2, 0) is 24.7 Å². The summed E-state index contributed by atoms with van der Waals surface area (Å²) in [6.07, 6.45) is -1.92. The molecule has 0 spiro atoms. The van der Waals surface area contributed by atoms with Gasteiger partial charge in [0.2, 0.25) is 0 Å². The molecule has 3 rings (SSSR count). The Kier molecular flexibility index (Phi) is 8.04. The molecule has 38 heavy (non-hydrogen) atoms. The molecule has 0 fully saturated rings. The van der Waals surface area contributed by atoms with Gasteiger partial charge in [0.15, 0.2) is 5.84 Å². The summed E-state index contributed by atoms with van der Waals surface area (Å²) in [5.41, 5.74) is -3.29. The predicted octanol–water partition coefficient (Wildman–Crippen LogP) is 5.26. The summed E-state index contributed by atoms with van der Waals surface area (Å²) in [6, 6.07) is 15.1. The maximum absolute atomic E-state index is 13.9. The average Bonchev–Trinajstić information content (AvgIpc) is 3.20. The van der Waals surface area contributed by atoms with Gasteiger partial charge in [-0.05, 0) is 72.7 Å². The van der Waals surface area contributed by atoms with E-state index in [1.807, 2.05) is 0 Å². The number of hydrogen-bond acceptors (Lipinski definition) is 8. The lowest BCUT2D eigenvalue weighted by atomic mass is 9.99. The summed E-state index contributed by atoms with van der Waals surface area (Å²) in [7, 11) is 1.53. The van der Waals surface area contributed by atoms with E-state index >= 15 is 0 Å². The first kappa shape index (κ1) is 28.5. The largest absolute Gasteiger partial charge is 0.497 e. The van der Waals surface area contributed by atoms with Crippen LogP contribution in [0.4, 0.5) is 9.59 Å². The average molecular weight is 526 g/mol. The molecule has 10 heteroatoms. The molecule has 2 aromatic rings. The minimum Gasteiger partial charge on any atom is -0.497 e. The number of aliphatic imine (C=N–C) groups is 1. The number of hydrazine groups is 1. The van der Waals surface area contributed by atoms with Crippen molar-refractivity contribution in [3.8, 4) is 5.75 Å². The fourth-order valence-corrected chi connectivity index (χ4v) is 3.75. The van der Waals surface area contributed by atoms with Gasteiger partial charge in [-0.3, -0.25) is 0 Å². The van der Waals surface area contributed by atoms with E-state index in [4.69, 9.17) is 23.9 Å². The van der Waals surface area contributed by atoms with Crippen LogP contribution in [0.2, 0.25) is 0 Å². The van der Waals surface area contributed by atoms with E-state index in [0.717, 1.165) is 10.0 Å². The molecule has 1 aliphatic heterocycles. The van der Waals surface area contributed by atoms with Gasteiger partial charge in [0.25, 0.3) is 5.66 Å². The zero-order valence-electron chi connectivity index (χ0n) is 23.1. The normalized spacial score (nSPS) is 17.5. The number of nitrogens with zero attached hydrogens (tertiary/aromatic N) is 3. The van der Waals surface area contributed by atoms with Crippen molar-refractivity contribution in [2.45, 2.75) is 65.3 Å². The number of methoxy groups -OCH3 is 1. The van der Waals surface area contributed by atoms with Gasteiger partial charge < -0.3 is 18.9 Å². The molecule has 1 atom stereocenters. The topological polar surface area (TPSA) is 107 Å². The lowest BCUT2D eigenvalue weighted by Gasteiger charge is -2.38. The van der Waals surface area contributed by atoms with E-state index in [2.05, 4.69) is 0 Å². The van der Waals surface area contributed by atoms with Crippen LogP contribution in [0.5, 0.6) is 5.75 Å². The van der Waals surface area contributed by atoms with E-state index in [0.29, 0.717) is 16.9 Å². The molecule has 0 N–H and O–H groups in total. The van der Waals surface area contributed by atoms with E-state index in [1.165, 1.54) is 7.11 Å². The smallest absolute Gasteiger partial charge is 0.435 e. The molecule has 1 aliphatic rings. The number of amides is 2. The first-order chi connectivity index (χ1) is 17.7. The quantitative estimate of drug-likeness (QED) is 0.387. The van der Waals surface area contributed by atoms with Crippen molar-refractivity contribution in [3.05, 3.63) is 65.7 Å². The first-order valence-corrected chi connectivity index (χ1v) is 12.3. The van der Waals surface area contributed by atoms with E-state index in [-0.39, 0.29) is 12.4 Å². The monoisotopic (exact) mass is 525 g/mol. The second-order valence-corrected chi connectivity index (χ2v) is 10.5. The molecule has 0 aliphatic carbocycles. The SMILES string of the molecule is CCOC(=O)[C@]1(c2ccccc2)N=C(c2ccc(OC)cc2)N(C(=O)OC(C)(C)C)N1C(=O)OC(C)(C)C. The molecule has 204 valence electrons. The van der Waals surface area contributed by atoms with E-state index < -0.39 is 35.0 Å². The van der Waals surface area contributed by atoms with Crippen molar-refractivity contribution in [3.63, 3.8) is 0 Å². The molecular formula is C28H35N3O7. The number of ether oxygens (including phenoxy) is 4. The number of benzene rings is 2. The fourth-order valence-electron chi connectivity index (χ4n) is 3.75. The Bertz CT molecular complexity index is 1200. The highest BCUT2D eigenvalue weighted by Gasteiger charge is 2.61. The minimum absolute atomic E-state index is 0.00933. The van der Waals surface area contributed by atoms with Crippen molar-refractivity contribution in [1.29, 1.82) is 0 Å². The molecule has 0 radical (unpaired) electrons. The first-order valence-electron chi connectivity index (χ1n) is 12.3. The van der Waals surface area contributed by atoms with Gasteiger partial charge in [-0.25, -0.2) is 19.4 Å². The summed E-state index contributed by atoms with van der Waals surface area (Å²) in [6.45, 7) is 11.8. The summed E-state index contributed by atoms with van der Waals surface area (Å²) < 4.78 is 22.1. The molecule has 0 bridgehead atoms. The second kappa shape index (κ2) is 10.7. The van der Waals surface area contributed by atoms with Crippen LogP contribution in [0.25, 0.3) is 0 Å². The highest BCUT2D eigenvalue weighted by molar-refractivity contribution is 6.11. The van der Waals surface area contributed by atoms with Crippen LogP contribution in [0, 0.1) is 0 Å². The van der Waals surface area contributed by atoms with E-state index in [1.54, 1.807) is 103 Å². The van der Waals surface area contributed by atoms with Crippen molar-refractivity contribution >= 4 is 24.0 Å². The zero-order chi connectivity index (χ0) is 28.3. The Labute approximate surface area is 223 Å². The van der Waals surface area contributed by atoms with Crippen molar-refractivity contribution < 1.29 is 33.3 Å². The van der Waals surface area contributed by atoms with Gasteiger partial charge in [0.05, 0.1) is 13.7 Å². The summed E-state index contributed by atoms with van der Waals surface area (Å²) >= 11 is 0. The minimum atomic E-state index is -2.12. The van der Waals surface area contributed by atoms with Crippen molar-refractivity contribution in [2.75, 3.05) is 13.7 Å². The highest BCUT2D eigenvalue weighted by atomic mass is 16.6. The standard InChI is InChI=1S/C28H35N3O7/c1-9-36-23(32)28(20-13-11-10-12-14-20)29-22(19-15-17-21(35-8)18-16-19)30(24(33)37-26(2,3)4)31(28)25(34)38-27(5,6)7/h10-18H,9H2,1-8H3/t28-/m1/s1. The van der Waals surface area contributed by atoms with Crippen LogP contribution >= 0.6 is 0 Å². The third-order valence-electron chi connectivity index (χ3n) is 5.19. The predicted molar refractivity (Wildman–Crippen MR) is 140 cm³/mol. The molecule has 0 unspecified atom stereocenters. The molecule has 0 saturated carbocycles. The summed E-state index contributed by atoms with van der Waals surface area (Å²) in [4.78, 5) is 46.2. The Morgan fingerprint density at radius 2 is 1.39 bits per heavy atom. The van der Waals surface area contributed by atoms with Crippen LogP contribution < -0.4 is 4.74 Å². The Morgan fingerprint density at radius 3 is 1.89 bits per heavy atom. The number of hydrogen-bond donors (Lipinski definition) is 0. The van der Waals surface area contributed by atoms with Gasteiger partial charge in [-0.1, -0.05) is 30.3 Å². The number of carbonyl (C=O) groups excluding carboxylic acids is 3. The van der Waals surface area contributed by atoms with Gasteiger partial charge in [0.1, 0.15) is 17.0 Å². The number of amidine groups is 1.